The summed E-state index contributed by atoms with van der Waals surface area (Å²) >= 11 is 0. The van der Waals surface area contributed by atoms with Gasteiger partial charge in [-0.05, 0) is 69.8 Å². The van der Waals surface area contributed by atoms with Crippen LogP contribution in [0.2, 0.25) is 0 Å². The van der Waals surface area contributed by atoms with E-state index in [1.54, 1.807) is 24.3 Å². The molecule has 2 aliphatic rings. The largest absolute Gasteiger partial charge is 0.508 e. The molecule has 43 heavy (non-hydrogen) atoms. The van der Waals surface area contributed by atoms with Gasteiger partial charge >= 0.3 is 0 Å². The van der Waals surface area contributed by atoms with Crippen molar-refractivity contribution in [2.45, 2.75) is 52.0 Å². The number of nitrogens with zero attached hydrogens (tertiary/aromatic N) is 5. The maximum Gasteiger partial charge on any atom is 0.256 e. The van der Waals surface area contributed by atoms with Crippen LogP contribution in [0.5, 0.6) is 0 Å². The molecule has 2 aromatic heterocycles. The summed E-state index contributed by atoms with van der Waals surface area (Å²) in [5, 5.41) is 10.7. The van der Waals surface area contributed by atoms with E-state index < -0.39 is 22.9 Å². The number of likely N-dealkylation sites (tertiary alicyclic amines) is 1. The lowest BCUT2D eigenvalue weighted by Crippen LogP contribution is -2.48. The maximum atomic E-state index is 15.0. The average molecular weight is 588 g/mol. The minimum absolute atomic E-state index is 0.115. The Morgan fingerprint density at radius 2 is 1.67 bits per heavy atom. The molecule has 2 saturated heterocycles. The molecule has 0 aliphatic carbocycles. The number of piperidine rings is 2. The fourth-order valence-electron chi connectivity index (χ4n) is 5.93. The third-order valence-electron chi connectivity index (χ3n) is 8.46. The molecule has 0 amide bonds. The number of aliphatic hydroxyl groups is 1. The smallest absolute Gasteiger partial charge is 0.256 e. The number of aliphatic hydroxyl groups excluding tert-OH is 1. The van der Waals surface area contributed by atoms with E-state index in [0.29, 0.717) is 28.6 Å². The molecule has 0 bridgehead atoms. The van der Waals surface area contributed by atoms with Crippen molar-refractivity contribution in [3.8, 4) is 5.69 Å². The summed E-state index contributed by atoms with van der Waals surface area (Å²) in [6.07, 6.45) is 9.85. The first-order valence-corrected chi connectivity index (χ1v) is 14.9. The number of hydrogen-bond donors (Lipinski definition) is 1. The molecule has 1 N–H and O–H groups in total. The minimum Gasteiger partial charge on any atom is -0.508 e. The summed E-state index contributed by atoms with van der Waals surface area (Å²) in [7, 11) is 0. The first-order valence-electron chi connectivity index (χ1n) is 14.9. The lowest BCUT2D eigenvalue weighted by atomic mass is 9.95. The molecule has 226 valence electrons. The summed E-state index contributed by atoms with van der Waals surface area (Å²) in [6, 6.07) is 6.85. The number of allylic oxidation sites excluding steroid dienone is 4. The molecule has 0 atom stereocenters. The highest BCUT2D eigenvalue weighted by molar-refractivity contribution is 5.81. The Bertz CT molecular complexity index is 1620. The van der Waals surface area contributed by atoms with E-state index in [9.17, 15) is 9.90 Å². The van der Waals surface area contributed by atoms with Gasteiger partial charge in [0, 0.05) is 42.6 Å². The second kappa shape index (κ2) is 13.0. The van der Waals surface area contributed by atoms with E-state index in [4.69, 9.17) is 9.97 Å². The predicted octanol–water partition coefficient (Wildman–Crippen LogP) is 6.43. The van der Waals surface area contributed by atoms with Gasteiger partial charge in [0.25, 0.3) is 5.56 Å². The van der Waals surface area contributed by atoms with Crippen molar-refractivity contribution in [2.24, 2.45) is 5.92 Å². The summed E-state index contributed by atoms with van der Waals surface area (Å²) in [4.78, 5) is 27.5. The lowest BCUT2D eigenvalue weighted by Gasteiger charge is -2.41. The molecule has 0 radical (unpaired) electrons. The van der Waals surface area contributed by atoms with E-state index in [1.165, 1.54) is 25.0 Å². The standard InChI is InChI=1S/C34H39F2N5O2/c1-22(2)8-9-25(24(4)42)10-12-30-27-11-13-31(43)41(32-28(35)6-5-7-29(32)36)33(27)38-34(37-30)40-20-16-26(17-21-40)39-18-14-23(3)15-19-39/h5-11,13,23,26,42H,1,4,12,14-21H2,2-3H3/b9-8-,25-10+. The van der Waals surface area contributed by atoms with Crippen LogP contribution in [-0.4, -0.2) is 56.8 Å². The molecular weight excluding hydrogens is 548 g/mol. The predicted molar refractivity (Wildman–Crippen MR) is 168 cm³/mol. The van der Waals surface area contributed by atoms with Crippen molar-refractivity contribution < 1.29 is 13.9 Å². The van der Waals surface area contributed by atoms with Crippen molar-refractivity contribution in [3.05, 3.63) is 106 Å². The van der Waals surface area contributed by atoms with Crippen molar-refractivity contribution in [3.63, 3.8) is 0 Å². The number of hydrogen-bond acceptors (Lipinski definition) is 6. The number of fused-ring (bicyclic) bond motifs is 1. The van der Waals surface area contributed by atoms with Crippen molar-refractivity contribution in [2.75, 3.05) is 31.1 Å². The van der Waals surface area contributed by atoms with Gasteiger partial charge in [-0.2, -0.15) is 4.98 Å². The Morgan fingerprint density at radius 1 is 1.00 bits per heavy atom. The highest BCUT2D eigenvalue weighted by Crippen LogP contribution is 2.28. The van der Waals surface area contributed by atoms with E-state index in [1.807, 2.05) is 6.92 Å². The average Bonchev–Trinajstić information content (AvgIpc) is 2.98. The quantitative estimate of drug-likeness (QED) is 0.242. The Kier molecular flexibility index (Phi) is 9.20. The molecular formula is C34H39F2N5O2. The molecule has 0 saturated carbocycles. The highest BCUT2D eigenvalue weighted by Gasteiger charge is 2.29. The normalized spacial score (nSPS) is 17.7. The van der Waals surface area contributed by atoms with Gasteiger partial charge in [-0.15, -0.1) is 0 Å². The molecule has 9 heteroatoms. The van der Waals surface area contributed by atoms with Crippen molar-refractivity contribution in [1.29, 1.82) is 0 Å². The van der Waals surface area contributed by atoms with E-state index in [-0.39, 0.29) is 17.8 Å². The number of rotatable bonds is 8. The zero-order valence-electron chi connectivity index (χ0n) is 24.9. The fraction of sp³-hybridized carbons (Fsp3) is 0.382. The summed E-state index contributed by atoms with van der Waals surface area (Å²) in [5.74, 6) is -0.671. The third kappa shape index (κ3) is 6.77. The van der Waals surface area contributed by atoms with Crippen LogP contribution in [0.15, 0.2) is 83.4 Å². The molecule has 0 unspecified atom stereocenters. The Balaban J connectivity index is 1.58. The zero-order chi connectivity index (χ0) is 30.7. The van der Waals surface area contributed by atoms with Crippen LogP contribution in [0.3, 0.4) is 0 Å². The van der Waals surface area contributed by atoms with Crippen molar-refractivity contribution in [1.82, 2.24) is 19.4 Å². The summed E-state index contributed by atoms with van der Waals surface area (Å²) < 4.78 is 31.0. The highest BCUT2D eigenvalue weighted by atomic mass is 19.1. The van der Waals surface area contributed by atoms with Crippen LogP contribution in [0.4, 0.5) is 14.7 Å². The van der Waals surface area contributed by atoms with E-state index in [0.717, 1.165) is 67.2 Å². The Labute approximate surface area is 251 Å². The summed E-state index contributed by atoms with van der Waals surface area (Å²) in [6.45, 7) is 15.4. The minimum atomic E-state index is -0.864. The molecule has 5 rings (SSSR count). The van der Waals surface area contributed by atoms with Gasteiger partial charge in [-0.25, -0.2) is 13.8 Å². The Hall–Kier alpha value is -4.11. The molecule has 1 aromatic carbocycles. The molecule has 7 nitrogen and oxygen atoms in total. The Morgan fingerprint density at radius 3 is 2.30 bits per heavy atom. The monoisotopic (exact) mass is 587 g/mol. The molecule has 3 aromatic rings. The lowest BCUT2D eigenvalue weighted by molar-refractivity contribution is 0.120. The fourth-order valence-corrected chi connectivity index (χ4v) is 5.93. The summed E-state index contributed by atoms with van der Waals surface area (Å²) in [5.41, 5.74) is 0.895. The van der Waals surface area contributed by atoms with Crippen LogP contribution in [0.25, 0.3) is 16.7 Å². The molecule has 2 aliphatic heterocycles. The van der Waals surface area contributed by atoms with E-state index in [2.05, 4.69) is 29.9 Å². The second-order valence-electron chi connectivity index (χ2n) is 11.7. The number of pyridine rings is 1. The number of benzene rings is 1. The van der Waals surface area contributed by atoms with Gasteiger partial charge in [0.05, 0.1) is 5.69 Å². The van der Waals surface area contributed by atoms with Gasteiger partial charge in [0.15, 0.2) is 5.65 Å². The maximum absolute atomic E-state index is 15.0. The van der Waals surface area contributed by atoms with Gasteiger partial charge < -0.3 is 14.9 Å². The number of aromatic nitrogens is 3. The third-order valence-corrected chi connectivity index (χ3v) is 8.46. The second-order valence-corrected chi connectivity index (χ2v) is 11.7. The first kappa shape index (κ1) is 30.4. The van der Waals surface area contributed by atoms with E-state index >= 15 is 8.78 Å². The van der Waals surface area contributed by atoms with Gasteiger partial charge in [0.2, 0.25) is 5.95 Å². The number of halogens is 2. The zero-order valence-corrected chi connectivity index (χ0v) is 24.9. The topological polar surface area (TPSA) is 74.5 Å². The van der Waals surface area contributed by atoms with Crippen LogP contribution in [0, 0.1) is 17.6 Å². The van der Waals surface area contributed by atoms with Crippen molar-refractivity contribution >= 4 is 17.0 Å². The SMILES string of the molecule is C=C(C)/C=C\C(=C/Cc1nc(N2CCC(N3CCC(C)CC3)CC2)nc2c1ccc(=O)n2-c1c(F)cccc1F)C(=C)O. The van der Waals surface area contributed by atoms with Gasteiger partial charge in [0.1, 0.15) is 23.1 Å². The van der Waals surface area contributed by atoms with Gasteiger partial charge in [-0.3, -0.25) is 9.36 Å². The first-order chi connectivity index (χ1) is 20.6. The van der Waals surface area contributed by atoms with Gasteiger partial charge in [-0.1, -0.05) is 49.9 Å². The number of anilines is 1. The molecule has 0 spiro atoms. The van der Waals surface area contributed by atoms with Crippen LogP contribution >= 0.6 is 0 Å². The molecule has 4 heterocycles. The number of para-hydroxylation sites is 1. The van der Waals surface area contributed by atoms with Crippen LogP contribution in [-0.2, 0) is 6.42 Å². The van der Waals surface area contributed by atoms with Crippen LogP contribution in [0.1, 0.15) is 45.2 Å². The molecule has 2 fully saturated rings. The van der Waals surface area contributed by atoms with Crippen LogP contribution < -0.4 is 10.5 Å².